The van der Waals surface area contributed by atoms with Crippen LogP contribution >= 0.6 is 0 Å². The van der Waals surface area contributed by atoms with Crippen LogP contribution in [0.15, 0.2) is 53.7 Å². The van der Waals surface area contributed by atoms with Gasteiger partial charge < -0.3 is 11.5 Å². The maximum atomic E-state index is 12.3. The summed E-state index contributed by atoms with van der Waals surface area (Å²) in [6.07, 6.45) is 3.64. The lowest BCUT2D eigenvalue weighted by atomic mass is 10.1. The first kappa shape index (κ1) is 14.4. The molecule has 0 saturated heterocycles. The van der Waals surface area contributed by atoms with Crippen LogP contribution in [0.3, 0.4) is 0 Å². The largest absolute Gasteiger partial charge is 0.370 e. The Morgan fingerprint density at radius 2 is 1.88 bits per heavy atom. The number of aliphatic imine (C=N–C) groups is 1. The van der Waals surface area contributed by atoms with Gasteiger partial charge in [-0.1, -0.05) is 30.3 Å². The van der Waals surface area contributed by atoms with Crippen molar-refractivity contribution in [2.75, 3.05) is 0 Å². The van der Waals surface area contributed by atoms with E-state index in [9.17, 15) is 4.79 Å². The minimum Gasteiger partial charge on any atom is -0.370 e. The van der Waals surface area contributed by atoms with Crippen molar-refractivity contribution in [1.82, 2.24) is 9.78 Å². The lowest BCUT2D eigenvalue weighted by Crippen LogP contribution is -2.24. The summed E-state index contributed by atoms with van der Waals surface area (Å²) >= 11 is 0. The topological polar surface area (TPSA) is 99.3 Å². The highest BCUT2D eigenvalue weighted by Gasteiger charge is 2.32. The number of fused-ring (bicyclic) bond motifs is 1. The van der Waals surface area contributed by atoms with E-state index in [4.69, 9.17) is 11.5 Å². The number of hydrogen-bond acceptors (Lipinski definition) is 2. The second-order valence-electron chi connectivity index (χ2n) is 6.00. The van der Waals surface area contributed by atoms with Gasteiger partial charge in [-0.3, -0.25) is 4.79 Å². The van der Waals surface area contributed by atoms with E-state index in [2.05, 4.69) is 34.4 Å². The average Bonchev–Trinajstić information content (AvgIpc) is 3.31. The van der Waals surface area contributed by atoms with Crippen LogP contribution in [-0.4, -0.2) is 21.6 Å². The van der Waals surface area contributed by atoms with Crippen molar-refractivity contribution in [3.63, 3.8) is 0 Å². The van der Waals surface area contributed by atoms with Crippen LogP contribution in [0.5, 0.6) is 0 Å². The number of aromatic nitrogens is 2. The Morgan fingerprint density at radius 3 is 2.58 bits per heavy atom. The predicted octanol–water partition coefficient (Wildman–Crippen LogP) is 2.32. The van der Waals surface area contributed by atoms with E-state index in [-0.39, 0.29) is 5.96 Å². The number of nitrogens with two attached hydrogens (primary N) is 2. The van der Waals surface area contributed by atoms with E-state index in [0.29, 0.717) is 11.5 Å². The fourth-order valence-corrected chi connectivity index (χ4v) is 2.96. The number of guanidine groups is 1. The maximum absolute atomic E-state index is 12.3. The fourth-order valence-electron chi connectivity index (χ4n) is 2.96. The zero-order chi connectivity index (χ0) is 16.7. The van der Waals surface area contributed by atoms with E-state index in [1.165, 1.54) is 0 Å². The first-order chi connectivity index (χ1) is 11.6. The molecule has 1 amide bonds. The van der Waals surface area contributed by atoms with E-state index in [0.717, 1.165) is 35.0 Å². The zero-order valence-corrected chi connectivity index (χ0v) is 13.0. The third kappa shape index (κ3) is 2.52. The van der Waals surface area contributed by atoms with Gasteiger partial charge in [0.2, 0.25) is 0 Å². The van der Waals surface area contributed by atoms with Crippen molar-refractivity contribution >= 4 is 22.6 Å². The van der Waals surface area contributed by atoms with Gasteiger partial charge in [0, 0.05) is 5.92 Å². The Kier molecular flexibility index (Phi) is 3.30. The minimum atomic E-state index is -0.441. The fraction of sp³-hybridized carbons (Fsp3) is 0.167. The summed E-state index contributed by atoms with van der Waals surface area (Å²) in [4.78, 5) is 15.9. The lowest BCUT2D eigenvalue weighted by Gasteiger charge is -2.09. The molecule has 1 saturated carbocycles. The Bertz CT molecular complexity index is 964. The molecular formula is C18H17N5O. The quantitative estimate of drug-likeness (QED) is 0.571. The highest BCUT2D eigenvalue weighted by molar-refractivity contribution is 6.02. The molecule has 0 radical (unpaired) electrons. The summed E-state index contributed by atoms with van der Waals surface area (Å²) in [5.74, 6) is -0.351. The molecule has 1 aliphatic rings. The number of carbonyl (C=O) groups is 1. The first-order valence-electron chi connectivity index (χ1n) is 7.84. The second kappa shape index (κ2) is 5.49. The first-order valence-corrected chi connectivity index (χ1v) is 7.84. The summed E-state index contributed by atoms with van der Waals surface area (Å²) < 4.78 is 1.83. The van der Waals surface area contributed by atoms with Gasteiger partial charge in [0.1, 0.15) is 0 Å². The highest BCUT2D eigenvalue weighted by Crippen LogP contribution is 2.42. The third-order valence-electron chi connectivity index (χ3n) is 4.21. The van der Waals surface area contributed by atoms with Crippen molar-refractivity contribution in [3.8, 4) is 5.69 Å². The molecule has 6 nitrogen and oxygen atoms in total. The van der Waals surface area contributed by atoms with Crippen LogP contribution in [0.2, 0.25) is 0 Å². The highest BCUT2D eigenvalue weighted by atomic mass is 16.1. The Labute approximate surface area is 138 Å². The third-order valence-corrected chi connectivity index (χ3v) is 4.21. The van der Waals surface area contributed by atoms with Gasteiger partial charge in [-0.25, -0.2) is 4.68 Å². The Hall–Kier alpha value is -3.15. The molecule has 120 valence electrons. The zero-order valence-electron chi connectivity index (χ0n) is 13.0. The number of amides is 1. The molecule has 2 aromatic carbocycles. The number of benzene rings is 2. The SMILES string of the molecule is NC(N)=NC(=O)c1cnn(-c2ccc3ccccc3c2)c1C1CC1. The van der Waals surface area contributed by atoms with Crippen LogP contribution in [-0.2, 0) is 0 Å². The van der Waals surface area contributed by atoms with Crippen LogP contribution in [0, 0.1) is 0 Å². The summed E-state index contributed by atoms with van der Waals surface area (Å²) in [7, 11) is 0. The second-order valence-corrected chi connectivity index (χ2v) is 6.00. The van der Waals surface area contributed by atoms with Crippen molar-refractivity contribution in [3.05, 3.63) is 59.9 Å². The molecule has 1 aliphatic carbocycles. The van der Waals surface area contributed by atoms with Gasteiger partial charge in [0.05, 0.1) is 23.1 Å². The molecule has 4 rings (SSSR count). The standard InChI is InChI=1S/C18H17N5O/c19-18(20)22-17(24)15-10-21-23(16(15)12-5-6-12)14-8-7-11-3-1-2-4-13(11)9-14/h1-4,7-10,12H,5-6H2,(H4,19,20,22,24). The van der Waals surface area contributed by atoms with Crippen molar-refractivity contribution < 1.29 is 4.79 Å². The lowest BCUT2D eigenvalue weighted by molar-refractivity contribution is 0.100. The molecule has 24 heavy (non-hydrogen) atoms. The van der Waals surface area contributed by atoms with E-state index >= 15 is 0 Å². The van der Waals surface area contributed by atoms with Gasteiger partial charge in [-0.15, -0.1) is 0 Å². The molecule has 1 fully saturated rings. The van der Waals surface area contributed by atoms with E-state index in [1.54, 1.807) is 6.20 Å². The normalized spacial score (nSPS) is 13.8. The summed E-state index contributed by atoms with van der Waals surface area (Å²) in [5.41, 5.74) is 13.0. The number of nitrogens with zero attached hydrogens (tertiary/aromatic N) is 3. The van der Waals surface area contributed by atoms with Gasteiger partial charge in [0.25, 0.3) is 5.91 Å². The molecule has 1 heterocycles. The molecule has 1 aromatic heterocycles. The summed E-state index contributed by atoms with van der Waals surface area (Å²) in [6, 6.07) is 14.3. The number of carbonyl (C=O) groups excluding carboxylic acids is 1. The molecule has 4 N–H and O–H groups in total. The Balaban J connectivity index is 1.84. The van der Waals surface area contributed by atoms with Crippen LogP contribution in [0.4, 0.5) is 0 Å². The van der Waals surface area contributed by atoms with Crippen molar-refractivity contribution in [1.29, 1.82) is 0 Å². The average molecular weight is 319 g/mol. The van der Waals surface area contributed by atoms with Gasteiger partial charge in [0.15, 0.2) is 5.96 Å². The molecule has 0 unspecified atom stereocenters. The monoisotopic (exact) mass is 319 g/mol. The van der Waals surface area contributed by atoms with Gasteiger partial charge >= 0.3 is 0 Å². The molecule has 0 atom stereocenters. The molecule has 3 aromatic rings. The molecule has 0 aliphatic heterocycles. The molecule has 6 heteroatoms. The number of rotatable bonds is 3. The smallest absolute Gasteiger partial charge is 0.283 e. The Morgan fingerprint density at radius 1 is 1.12 bits per heavy atom. The van der Waals surface area contributed by atoms with Gasteiger partial charge in [-0.2, -0.15) is 10.1 Å². The molecule has 0 spiro atoms. The van der Waals surface area contributed by atoms with Crippen LogP contribution in [0.1, 0.15) is 34.8 Å². The van der Waals surface area contributed by atoms with Crippen LogP contribution in [0.25, 0.3) is 16.5 Å². The van der Waals surface area contributed by atoms with Crippen LogP contribution < -0.4 is 11.5 Å². The van der Waals surface area contributed by atoms with E-state index < -0.39 is 5.91 Å². The number of hydrogen-bond donors (Lipinski definition) is 2. The van der Waals surface area contributed by atoms with Crippen molar-refractivity contribution in [2.45, 2.75) is 18.8 Å². The summed E-state index contributed by atoms with van der Waals surface area (Å²) in [5, 5.41) is 6.72. The predicted molar refractivity (Wildman–Crippen MR) is 93.2 cm³/mol. The summed E-state index contributed by atoms with van der Waals surface area (Å²) in [6.45, 7) is 0. The van der Waals surface area contributed by atoms with Crippen molar-refractivity contribution in [2.24, 2.45) is 16.5 Å². The molecule has 0 bridgehead atoms. The molecular weight excluding hydrogens is 302 g/mol. The minimum absolute atomic E-state index is 0.236. The maximum Gasteiger partial charge on any atom is 0.283 e. The van der Waals surface area contributed by atoms with Gasteiger partial charge in [-0.05, 0) is 35.7 Å². The van der Waals surface area contributed by atoms with E-state index in [1.807, 2.05) is 22.9 Å².